The van der Waals surface area contributed by atoms with Crippen LogP contribution in [0.5, 0.6) is 5.75 Å². The number of hydrogen-bond acceptors (Lipinski definition) is 4. The van der Waals surface area contributed by atoms with E-state index in [0.29, 0.717) is 0 Å². The van der Waals surface area contributed by atoms with Crippen molar-refractivity contribution in [3.8, 4) is 5.75 Å². The van der Waals surface area contributed by atoms with Crippen LogP contribution in [-0.4, -0.2) is 36.4 Å². The zero-order chi connectivity index (χ0) is 18.0. The van der Waals surface area contributed by atoms with Gasteiger partial charge in [-0.15, -0.1) is 5.06 Å². The lowest BCUT2D eigenvalue weighted by molar-refractivity contribution is -0.243. The maximum absolute atomic E-state index is 12.9. The fourth-order valence-corrected chi connectivity index (χ4v) is 2.19. The standard InChI is InChI=1S/C14H13F6NO3/c15-13(16,17)10-3-1-2-4-11(10)23-9-5-7-21(8-6-9)24-12(22)14(18,19)20/h1-4,9H,5-8H2. The van der Waals surface area contributed by atoms with Gasteiger partial charge in [0.25, 0.3) is 0 Å². The minimum Gasteiger partial charge on any atom is -0.490 e. The molecule has 1 fully saturated rings. The molecule has 1 aliphatic heterocycles. The number of piperidine rings is 1. The highest BCUT2D eigenvalue weighted by Gasteiger charge is 2.43. The molecule has 1 aliphatic rings. The van der Waals surface area contributed by atoms with Crippen molar-refractivity contribution in [1.82, 2.24) is 5.06 Å². The number of carbonyl (C=O) groups is 1. The normalized spacial score (nSPS) is 17.6. The fraction of sp³-hybridized carbons (Fsp3) is 0.500. The van der Waals surface area contributed by atoms with Gasteiger partial charge in [0, 0.05) is 25.9 Å². The van der Waals surface area contributed by atoms with Crippen molar-refractivity contribution in [2.75, 3.05) is 13.1 Å². The second-order valence-electron chi connectivity index (χ2n) is 5.12. The number of ether oxygens (including phenoxy) is 1. The van der Waals surface area contributed by atoms with Gasteiger partial charge >= 0.3 is 18.3 Å². The van der Waals surface area contributed by atoms with Gasteiger partial charge in [-0.1, -0.05) is 12.1 Å². The Balaban J connectivity index is 1.92. The van der Waals surface area contributed by atoms with Crippen molar-refractivity contribution in [2.45, 2.75) is 31.3 Å². The second-order valence-corrected chi connectivity index (χ2v) is 5.12. The number of hydrogen-bond donors (Lipinski definition) is 0. The summed E-state index contributed by atoms with van der Waals surface area (Å²) in [6.45, 7) is -0.138. The van der Waals surface area contributed by atoms with Gasteiger partial charge in [-0.25, -0.2) is 4.79 Å². The Kier molecular flexibility index (Phi) is 5.26. The van der Waals surface area contributed by atoms with Crippen molar-refractivity contribution in [3.63, 3.8) is 0 Å². The van der Waals surface area contributed by atoms with Crippen LogP contribution >= 0.6 is 0 Å². The molecule has 1 aromatic carbocycles. The van der Waals surface area contributed by atoms with Gasteiger partial charge < -0.3 is 9.57 Å². The Morgan fingerprint density at radius 2 is 1.62 bits per heavy atom. The van der Waals surface area contributed by atoms with Gasteiger partial charge in [-0.3, -0.25) is 0 Å². The number of hydroxylamine groups is 2. The van der Waals surface area contributed by atoms with Crippen LogP contribution in [0, 0.1) is 0 Å². The van der Waals surface area contributed by atoms with E-state index in [2.05, 4.69) is 4.84 Å². The van der Waals surface area contributed by atoms with E-state index < -0.39 is 30.0 Å². The first kappa shape index (κ1) is 18.4. The molecule has 0 aromatic heterocycles. The number of nitrogens with zero attached hydrogens (tertiary/aromatic N) is 1. The molecule has 2 rings (SSSR count). The summed E-state index contributed by atoms with van der Waals surface area (Å²) < 4.78 is 80.2. The van der Waals surface area contributed by atoms with Crippen LogP contribution in [0.3, 0.4) is 0 Å². The van der Waals surface area contributed by atoms with Gasteiger partial charge in [-0.05, 0) is 12.1 Å². The second kappa shape index (κ2) is 6.88. The average molecular weight is 357 g/mol. The average Bonchev–Trinajstić information content (AvgIpc) is 2.48. The van der Waals surface area contributed by atoms with E-state index in [1.165, 1.54) is 18.2 Å². The summed E-state index contributed by atoms with van der Waals surface area (Å²) in [5.41, 5.74) is -0.920. The maximum atomic E-state index is 12.9. The fourth-order valence-electron chi connectivity index (χ4n) is 2.19. The topological polar surface area (TPSA) is 38.8 Å². The monoisotopic (exact) mass is 357 g/mol. The molecule has 1 saturated heterocycles. The lowest BCUT2D eigenvalue weighted by atomic mass is 10.1. The Hall–Kier alpha value is -1.97. The molecule has 0 atom stereocenters. The molecule has 0 unspecified atom stereocenters. The molecule has 24 heavy (non-hydrogen) atoms. The number of halogens is 6. The van der Waals surface area contributed by atoms with E-state index in [1.54, 1.807) is 0 Å². The molecule has 1 heterocycles. The van der Waals surface area contributed by atoms with Crippen LogP contribution in [0.25, 0.3) is 0 Å². The summed E-state index contributed by atoms with van der Waals surface area (Å²) in [7, 11) is 0. The number of para-hydroxylation sites is 1. The minimum absolute atomic E-state index is 0.0688. The van der Waals surface area contributed by atoms with E-state index >= 15 is 0 Å². The molecule has 0 aliphatic carbocycles. The Morgan fingerprint density at radius 1 is 1.04 bits per heavy atom. The minimum atomic E-state index is -5.10. The van der Waals surface area contributed by atoms with Crippen LogP contribution in [-0.2, 0) is 15.8 Å². The molecular weight excluding hydrogens is 344 g/mol. The van der Waals surface area contributed by atoms with Crippen LogP contribution in [0.2, 0.25) is 0 Å². The van der Waals surface area contributed by atoms with Crippen LogP contribution in [0.1, 0.15) is 18.4 Å². The third kappa shape index (κ3) is 4.76. The molecule has 0 N–H and O–H groups in total. The van der Waals surface area contributed by atoms with Crippen molar-refractivity contribution in [2.24, 2.45) is 0 Å². The zero-order valence-electron chi connectivity index (χ0n) is 12.2. The van der Waals surface area contributed by atoms with Crippen LogP contribution in [0.15, 0.2) is 24.3 Å². The number of rotatable bonds is 3. The highest BCUT2D eigenvalue weighted by Crippen LogP contribution is 2.37. The van der Waals surface area contributed by atoms with Crippen molar-refractivity contribution in [3.05, 3.63) is 29.8 Å². The Morgan fingerprint density at radius 3 is 2.17 bits per heavy atom. The first-order valence-electron chi connectivity index (χ1n) is 6.94. The van der Waals surface area contributed by atoms with E-state index in [0.717, 1.165) is 11.1 Å². The van der Waals surface area contributed by atoms with Gasteiger partial charge in [0.2, 0.25) is 0 Å². The van der Waals surface area contributed by atoms with Crippen LogP contribution in [0.4, 0.5) is 26.3 Å². The van der Waals surface area contributed by atoms with E-state index in [-0.39, 0.29) is 31.7 Å². The number of carbonyl (C=O) groups excluding carboxylic acids is 1. The molecule has 0 amide bonds. The molecule has 1 aromatic rings. The molecule has 0 saturated carbocycles. The largest absolute Gasteiger partial charge is 0.492 e. The predicted octanol–water partition coefficient (Wildman–Crippen LogP) is 3.57. The molecule has 4 nitrogen and oxygen atoms in total. The van der Waals surface area contributed by atoms with Crippen LogP contribution < -0.4 is 4.74 Å². The number of benzene rings is 1. The third-order valence-electron chi connectivity index (χ3n) is 3.33. The van der Waals surface area contributed by atoms with Crippen molar-refractivity contribution in [1.29, 1.82) is 0 Å². The van der Waals surface area contributed by atoms with E-state index in [1.807, 2.05) is 0 Å². The van der Waals surface area contributed by atoms with Crippen molar-refractivity contribution >= 4 is 5.97 Å². The molecule has 134 valence electrons. The summed E-state index contributed by atoms with van der Waals surface area (Å²) >= 11 is 0. The molecule has 10 heteroatoms. The van der Waals surface area contributed by atoms with E-state index in [9.17, 15) is 31.1 Å². The summed E-state index contributed by atoms with van der Waals surface area (Å²) in [4.78, 5) is 14.9. The highest BCUT2D eigenvalue weighted by atomic mass is 19.4. The van der Waals surface area contributed by atoms with Gasteiger partial charge in [0.1, 0.15) is 11.9 Å². The lowest BCUT2D eigenvalue weighted by Crippen LogP contribution is -2.42. The quantitative estimate of drug-likeness (QED) is 0.776. The zero-order valence-corrected chi connectivity index (χ0v) is 12.2. The summed E-state index contributed by atoms with van der Waals surface area (Å²) in [5.74, 6) is -2.67. The Bertz CT molecular complexity index is 579. The summed E-state index contributed by atoms with van der Waals surface area (Å²) in [5, 5.41) is 0.825. The summed E-state index contributed by atoms with van der Waals surface area (Å²) in [6.07, 6.45) is -10.0. The molecular formula is C14H13F6NO3. The third-order valence-corrected chi connectivity index (χ3v) is 3.33. The smallest absolute Gasteiger partial charge is 0.490 e. The first-order valence-corrected chi connectivity index (χ1v) is 6.94. The van der Waals surface area contributed by atoms with E-state index in [4.69, 9.17) is 4.74 Å². The maximum Gasteiger partial charge on any atom is 0.492 e. The predicted molar refractivity (Wildman–Crippen MR) is 68.8 cm³/mol. The molecule has 0 radical (unpaired) electrons. The van der Waals surface area contributed by atoms with Gasteiger partial charge in [0.15, 0.2) is 0 Å². The molecule has 0 spiro atoms. The number of alkyl halides is 6. The highest BCUT2D eigenvalue weighted by molar-refractivity contribution is 5.75. The lowest BCUT2D eigenvalue weighted by Gasteiger charge is -2.31. The Labute approximate surface area is 132 Å². The molecule has 0 bridgehead atoms. The first-order chi connectivity index (χ1) is 11.1. The SMILES string of the molecule is O=C(ON1CCC(Oc2ccccc2C(F)(F)F)CC1)C(F)(F)F. The van der Waals surface area contributed by atoms with Crippen molar-refractivity contribution < 1.29 is 40.7 Å². The van der Waals surface area contributed by atoms with Gasteiger partial charge in [-0.2, -0.15) is 26.3 Å². The van der Waals surface area contributed by atoms with Gasteiger partial charge in [0.05, 0.1) is 5.56 Å². The summed E-state index contributed by atoms with van der Waals surface area (Å²) in [6, 6.07) is 4.69.